The van der Waals surface area contributed by atoms with Crippen LogP contribution in [0.2, 0.25) is 0 Å². The van der Waals surface area contributed by atoms with Crippen molar-refractivity contribution in [3.8, 4) is 0 Å². The lowest BCUT2D eigenvalue weighted by Crippen LogP contribution is -2.57. The Bertz CT molecular complexity index is 1120. The van der Waals surface area contributed by atoms with Gasteiger partial charge in [0.25, 0.3) is 0 Å². The normalized spacial score (nSPS) is 21.8. The highest BCUT2D eigenvalue weighted by molar-refractivity contribution is 5.91. The molecule has 1 aliphatic rings. The van der Waals surface area contributed by atoms with E-state index in [-0.39, 0.29) is 23.3 Å². The van der Waals surface area contributed by atoms with Gasteiger partial charge in [-0.15, -0.1) is 0 Å². The number of hydrogen-bond acceptors (Lipinski definition) is 8. The van der Waals surface area contributed by atoms with Crippen LogP contribution in [0.3, 0.4) is 0 Å². The molecule has 0 spiro atoms. The van der Waals surface area contributed by atoms with Gasteiger partial charge in [-0.3, -0.25) is 0 Å². The highest BCUT2D eigenvalue weighted by atomic mass is 16.7. The lowest BCUT2D eigenvalue weighted by molar-refractivity contribution is -0.251. The van der Waals surface area contributed by atoms with Crippen LogP contribution in [0, 0.1) is 0 Å². The summed E-state index contributed by atoms with van der Waals surface area (Å²) in [5.41, 5.74) is 0.746. The minimum atomic E-state index is -1.60. The maximum atomic E-state index is 12.8. The summed E-state index contributed by atoms with van der Waals surface area (Å²) in [5.74, 6) is -2.18. The van der Waals surface area contributed by atoms with Gasteiger partial charge in [0.2, 0.25) is 0 Å². The molecule has 1 N–H and O–H groups in total. The quantitative estimate of drug-likeness (QED) is 0.440. The highest BCUT2D eigenvalue weighted by Crippen LogP contribution is 2.25. The molecule has 4 atom stereocenters. The van der Waals surface area contributed by atoms with Crippen molar-refractivity contribution in [1.82, 2.24) is 0 Å². The number of benzene rings is 3. The Balaban J connectivity index is 1.59. The zero-order valence-corrected chi connectivity index (χ0v) is 18.0. The summed E-state index contributed by atoms with van der Waals surface area (Å²) in [6.07, 6.45) is -5.51. The van der Waals surface area contributed by atoms with Crippen LogP contribution in [0.15, 0.2) is 91.0 Å². The summed E-state index contributed by atoms with van der Waals surface area (Å²) in [4.78, 5) is 38.1. The van der Waals surface area contributed by atoms with Crippen molar-refractivity contribution in [3.63, 3.8) is 0 Å². The van der Waals surface area contributed by atoms with Crippen LogP contribution in [-0.4, -0.2) is 54.2 Å². The zero-order valence-electron chi connectivity index (χ0n) is 18.0. The second-order valence-corrected chi connectivity index (χ2v) is 7.51. The smallest absolute Gasteiger partial charge is 0.338 e. The first-order chi connectivity index (χ1) is 16.5. The second-order valence-electron chi connectivity index (χ2n) is 7.51. The van der Waals surface area contributed by atoms with Gasteiger partial charge in [-0.05, 0) is 36.4 Å². The van der Waals surface area contributed by atoms with E-state index >= 15 is 0 Å². The lowest BCUT2D eigenvalue weighted by Gasteiger charge is -2.38. The van der Waals surface area contributed by atoms with E-state index in [1.807, 2.05) is 0 Å². The molecule has 0 radical (unpaired) electrons. The molecule has 4 rings (SSSR count). The van der Waals surface area contributed by atoms with E-state index in [4.69, 9.17) is 18.9 Å². The Morgan fingerprint density at radius 1 is 0.618 bits per heavy atom. The van der Waals surface area contributed by atoms with E-state index in [0.717, 1.165) is 0 Å². The first-order valence-electron chi connectivity index (χ1n) is 10.6. The molecule has 1 heterocycles. The van der Waals surface area contributed by atoms with Gasteiger partial charge in [-0.1, -0.05) is 54.6 Å². The monoisotopic (exact) mass is 462 g/mol. The number of carbonyl (C=O) groups is 3. The lowest BCUT2D eigenvalue weighted by atomic mass is 10.0. The van der Waals surface area contributed by atoms with Gasteiger partial charge < -0.3 is 24.1 Å². The Labute approximate surface area is 195 Å². The predicted octanol–water partition coefficient (Wildman–Crippen LogP) is 3.01. The predicted molar refractivity (Wildman–Crippen MR) is 119 cm³/mol. The van der Waals surface area contributed by atoms with Crippen LogP contribution in [0.4, 0.5) is 0 Å². The van der Waals surface area contributed by atoms with Crippen LogP contribution >= 0.6 is 0 Å². The number of carbonyl (C=O) groups excluding carboxylic acids is 3. The summed E-state index contributed by atoms with van der Waals surface area (Å²) in [6, 6.07) is 24.5. The van der Waals surface area contributed by atoms with Crippen LogP contribution in [0.25, 0.3) is 0 Å². The summed E-state index contributed by atoms with van der Waals surface area (Å²) in [5, 5.41) is 10.5. The Kier molecular flexibility index (Phi) is 7.31. The van der Waals surface area contributed by atoms with Gasteiger partial charge in [-0.2, -0.15) is 0 Å². The first-order valence-corrected chi connectivity index (χ1v) is 10.6. The third-order valence-electron chi connectivity index (χ3n) is 5.18. The number of aliphatic hydroxyl groups excluding tert-OH is 1. The molecule has 174 valence electrons. The average molecular weight is 462 g/mol. The van der Waals surface area contributed by atoms with Crippen LogP contribution in [0.5, 0.6) is 0 Å². The Hall–Kier alpha value is -4.01. The molecule has 3 aromatic carbocycles. The van der Waals surface area contributed by atoms with E-state index in [2.05, 4.69) is 0 Å². The van der Waals surface area contributed by atoms with E-state index in [0.29, 0.717) is 0 Å². The maximum Gasteiger partial charge on any atom is 0.338 e. The minimum Gasteiger partial charge on any atom is -0.452 e. The molecule has 1 aliphatic heterocycles. The fourth-order valence-corrected chi connectivity index (χ4v) is 3.44. The van der Waals surface area contributed by atoms with E-state index in [1.54, 1.807) is 78.9 Å². The number of ether oxygens (including phenoxy) is 4. The number of rotatable bonds is 6. The highest BCUT2D eigenvalue weighted by Gasteiger charge is 2.47. The van der Waals surface area contributed by atoms with E-state index in [1.165, 1.54) is 12.1 Å². The molecule has 3 aromatic rings. The van der Waals surface area contributed by atoms with E-state index in [9.17, 15) is 19.5 Å². The maximum absolute atomic E-state index is 12.8. The first kappa shape index (κ1) is 23.2. The summed E-state index contributed by atoms with van der Waals surface area (Å²) in [6.45, 7) is -0.272. The van der Waals surface area contributed by atoms with Gasteiger partial charge in [0.05, 0.1) is 23.3 Å². The number of hydrogen-bond donors (Lipinski definition) is 1. The fourth-order valence-electron chi connectivity index (χ4n) is 3.44. The van der Waals surface area contributed by atoms with Gasteiger partial charge in [0, 0.05) is 0 Å². The Morgan fingerprint density at radius 3 is 1.44 bits per heavy atom. The fraction of sp³-hybridized carbons (Fsp3) is 0.192. The summed E-state index contributed by atoms with van der Waals surface area (Å²) < 4.78 is 21.9. The molecule has 0 amide bonds. The molecule has 0 saturated carbocycles. The third-order valence-corrected chi connectivity index (χ3v) is 5.18. The van der Waals surface area contributed by atoms with Gasteiger partial charge in [0.1, 0.15) is 0 Å². The Morgan fingerprint density at radius 2 is 1.00 bits per heavy atom. The summed E-state index contributed by atoms with van der Waals surface area (Å²) in [7, 11) is 0. The third kappa shape index (κ3) is 5.48. The van der Waals surface area contributed by atoms with Gasteiger partial charge >= 0.3 is 17.9 Å². The van der Waals surface area contributed by atoms with Crippen molar-refractivity contribution in [2.45, 2.75) is 24.6 Å². The van der Waals surface area contributed by atoms with Crippen LogP contribution in [0.1, 0.15) is 31.1 Å². The van der Waals surface area contributed by atoms with Crippen molar-refractivity contribution in [2.24, 2.45) is 0 Å². The van der Waals surface area contributed by atoms with Crippen molar-refractivity contribution < 1.29 is 38.4 Å². The van der Waals surface area contributed by atoms with Crippen LogP contribution in [-0.2, 0) is 18.9 Å². The van der Waals surface area contributed by atoms with Crippen molar-refractivity contribution in [2.75, 3.05) is 6.61 Å². The largest absolute Gasteiger partial charge is 0.452 e. The van der Waals surface area contributed by atoms with Gasteiger partial charge in [0.15, 0.2) is 24.6 Å². The van der Waals surface area contributed by atoms with Crippen molar-refractivity contribution in [3.05, 3.63) is 108 Å². The molecule has 0 aliphatic carbocycles. The molecular weight excluding hydrogens is 440 g/mol. The molecular formula is C26H22O8. The molecule has 0 unspecified atom stereocenters. The van der Waals surface area contributed by atoms with Crippen molar-refractivity contribution in [1.29, 1.82) is 0 Å². The number of esters is 3. The molecule has 0 bridgehead atoms. The zero-order chi connectivity index (χ0) is 23.9. The molecule has 1 fully saturated rings. The second kappa shape index (κ2) is 10.7. The van der Waals surface area contributed by atoms with Gasteiger partial charge in [-0.25, -0.2) is 14.4 Å². The SMILES string of the molecule is O=C(O[C@@H]1[C@@H](OC(=O)c2ccccc2)[C@@H](O)OC[C@@H]1OC(=O)c1ccccc1)c1ccccc1. The standard InChI is InChI=1S/C26H22O8/c27-23(17-10-4-1-5-11-17)32-20-16-31-26(30)22(34-25(29)19-14-8-3-9-15-19)21(20)33-24(28)18-12-6-2-7-13-18/h1-15,20-22,26,30H,16H2/t20-,21-,22+,26-/m0/s1. The van der Waals surface area contributed by atoms with E-state index < -0.39 is 42.5 Å². The van der Waals surface area contributed by atoms with Crippen LogP contribution < -0.4 is 0 Å². The topological polar surface area (TPSA) is 108 Å². The molecule has 8 heteroatoms. The molecule has 0 aromatic heterocycles. The summed E-state index contributed by atoms with van der Waals surface area (Å²) >= 11 is 0. The molecule has 1 saturated heterocycles. The minimum absolute atomic E-state index is 0.228. The average Bonchev–Trinajstić information content (AvgIpc) is 2.89. The van der Waals surface area contributed by atoms with Crippen molar-refractivity contribution >= 4 is 17.9 Å². The molecule has 34 heavy (non-hydrogen) atoms. The molecule has 8 nitrogen and oxygen atoms in total. The number of aliphatic hydroxyl groups is 1.